The van der Waals surface area contributed by atoms with Crippen LogP contribution in [0.2, 0.25) is 0 Å². The molecule has 0 aromatic heterocycles. The van der Waals surface area contributed by atoms with Crippen LogP contribution >= 0.6 is 0 Å². The van der Waals surface area contributed by atoms with Gasteiger partial charge in [0.25, 0.3) is 0 Å². The summed E-state index contributed by atoms with van der Waals surface area (Å²) >= 11 is 0. The largest absolute Gasteiger partial charge is 0.494 e. The van der Waals surface area contributed by atoms with E-state index in [0.29, 0.717) is 18.9 Å². The van der Waals surface area contributed by atoms with Crippen molar-refractivity contribution in [3.05, 3.63) is 29.8 Å². The lowest BCUT2D eigenvalue weighted by atomic mass is 10.0. The maximum Gasteiger partial charge on any atom is 0.223 e. The van der Waals surface area contributed by atoms with Gasteiger partial charge in [-0.2, -0.15) is 0 Å². The molecule has 2 rings (SSSR count). The first kappa shape index (κ1) is 15.9. The van der Waals surface area contributed by atoms with Crippen molar-refractivity contribution in [2.24, 2.45) is 0 Å². The van der Waals surface area contributed by atoms with E-state index < -0.39 is 0 Å². The maximum atomic E-state index is 12.4. The van der Waals surface area contributed by atoms with Gasteiger partial charge in [-0.15, -0.1) is 0 Å². The van der Waals surface area contributed by atoms with Gasteiger partial charge in [0, 0.05) is 13.0 Å². The summed E-state index contributed by atoms with van der Waals surface area (Å²) in [4.78, 5) is 14.4. The average molecular weight is 289 g/mol. The third-order valence-electron chi connectivity index (χ3n) is 4.14. The minimum atomic E-state index is 0.259. The lowest BCUT2D eigenvalue weighted by molar-refractivity contribution is -0.132. The normalized spacial score (nSPS) is 18.0. The highest BCUT2D eigenvalue weighted by Crippen LogP contribution is 2.33. The molecule has 3 nitrogen and oxygen atoms in total. The van der Waals surface area contributed by atoms with Crippen LogP contribution in [0.5, 0.6) is 5.75 Å². The standard InChI is InChI=1S/C18H27NO2/c1-3-5-6-9-18(20)19-14-7-8-17(19)15-10-12-16(13-11-15)21-4-2/h10-13,17H,3-9,14H2,1-2H3. The molecule has 0 spiro atoms. The molecule has 0 saturated carbocycles. The second-order valence-electron chi connectivity index (χ2n) is 5.70. The number of unbranched alkanes of at least 4 members (excludes halogenated alkanes) is 2. The minimum absolute atomic E-state index is 0.259. The number of rotatable bonds is 7. The quantitative estimate of drug-likeness (QED) is 0.699. The number of amides is 1. The highest BCUT2D eigenvalue weighted by atomic mass is 16.5. The van der Waals surface area contributed by atoms with Gasteiger partial charge in [0.15, 0.2) is 0 Å². The van der Waals surface area contributed by atoms with Crippen LogP contribution in [-0.2, 0) is 4.79 Å². The topological polar surface area (TPSA) is 29.5 Å². The smallest absolute Gasteiger partial charge is 0.223 e. The third-order valence-corrected chi connectivity index (χ3v) is 4.14. The van der Waals surface area contributed by atoms with Crippen LogP contribution in [0.3, 0.4) is 0 Å². The van der Waals surface area contributed by atoms with E-state index in [-0.39, 0.29) is 6.04 Å². The molecule has 1 atom stereocenters. The van der Waals surface area contributed by atoms with Crippen molar-refractivity contribution < 1.29 is 9.53 Å². The zero-order chi connectivity index (χ0) is 15.1. The summed E-state index contributed by atoms with van der Waals surface area (Å²) in [5, 5.41) is 0. The highest BCUT2D eigenvalue weighted by molar-refractivity contribution is 5.77. The lowest BCUT2D eigenvalue weighted by Crippen LogP contribution is -2.30. The second kappa shape index (κ2) is 8.06. The summed E-state index contributed by atoms with van der Waals surface area (Å²) in [6.45, 7) is 5.75. The molecule has 1 aliphatic rings. The Morgan fingerprint density at radius 3 is 2.67 bits per heavy atom. The molecule has 1 heterocycles. The molecule has 1 fully saturated rings. The highest BCUT2D eigenvalue weighted by Gasteiger charge is 2.29. The number of carbonyl (C=O) groups is 1. The van der Waals surface area contributed by atoms with Crippen LogP contribution in [0.15, 0.2) is 24.3 Å². The summed E-state index contributed by atoms with van der Waals surface area (Å²) in [6.07, 6.45) is 6.21. The summed E-state index contributed by atoms with van der Waals surface area (Å²) in [5.74, 6) is 1.22. The van der Waals surface area contributed by atoms with Gasteiger partial charge in [-0.25, -0.2) is 0 Å². The Hall–Kier alpha value is -1.51. The molecule has 1 aromatic carbocycles. The van der Waals surface area contributed by atoms with Crippen LogP contribution in [0.1, 0.15) is 64.0 Å². The van der Waals surface area contributed by atoms with E-state index in [9.17, 15) is 4.79 Å². The van der Waals surface area contributed by atoms with E-state index in [0.717, 1.165) is 44.4 Å². The first-order valence-corrected chi connectivity index (χ1v) is 8.28. The Labute approximate surface area is 128 Å². The second-order valence-corrected chi connectivity index (χ2v) is 5.70. The van der Waals surface area contributed by atoms with Gasteiger partial charge in [-0.05, 0) is 43.9 Å². The van der Waals surface area contributed by atoms with Crippen molar-refractivity contribution in [3.8, 4) is 5.75 Å². The molecule has 1 amide bonds. The van der Waals surface area contributed by atoms with Gasteiger partial charge < -0.3 is 9.64 Å². The Morgan fingerprint density at radius 1 is 1.24 bits per heavy atom. The summed E-state index contributed by atoms with van der Waals surface area (Å²) in [6, 6.07) is 8.49. The molecule has 1 unspecified atom stereocenters. The molecule has 0 bridgehead atoms. The van der Waals surface area contributed by atoms with Crippen LogP contribution in [-0.4, -0.2) is 24.0 Å². The number of likely N-dealkylation sites (tertiary alicyclic amines) is 1. The van der Waals surface area contributed by atoms with Crippen molar-refractivity contribution in [3.63, 3.8) is 0 Å². The van der Waals surface area contributed by atoms with Crippen molar-refractivity contribution in [2.45, 2.75) is 58.4 Å². The van der Waals surface area contributed by atoms with Gasteiger partial charge in [0.05, 0.1) is 12.6 Å². The van der Waals surface area contributed by atoms with E-state index in [1.165, 1.54) is 5.56 Å². The molecule has 3 heteroatoms. The Morgan fingerprint density at radius 2 is 2.00 bits per heavy atom. The summed E-state index contributed by atoms with van der Waals surface area (Å²) < 4.78 is 5.48. The van der Waals surface area contributed by atoms with Gasteiger partial charge in [0.2, 0.25) is 5.91 Å². The number of hydrogen-bond donors (Lipinski definition) is 0. The molecule has 1 saturated heterocycles. The predicted octanol–water partition coefficient (Wildman–Crippen LogP) is 4.33. The van der Waals surface area contributed by atoms with Crippen molar-refractivity contribution >= 4 is 5.91 Å². The summed E-state index contributed by atoms with van der Waals surface area (Å²) in [5.41, 5.74) is 1.24. The van der Waals surface area contributed by atoms with Crippen LogP contribution in [0.25, 0.3) is 0 Å². The zero-order valence-electron chi connectivity index (χ0n) is 13.3. The first-order chi connectivity index (χ1) is 10.3. The van der Waals surface area contributed by atoms with Gasteiger partial charge >= 0.3 is 0 Å². The van der Waals surface area contributed by atoms with Crippen molar-refractivity contribution in [2.75, 3.05) is 13.2 Å². The predicted molar refractivity (Wildman–Crippen MR) is 85.4 cm³/mol. The Kier molecular flexibility index (Phi) is 6.09. The van der Waals surface area contributed by atoms with Crippen molar-refractivity contribution in [1.29, 1.82) is 0 Å². The Balaban J connectivity index is 1.98. The number of carbonyl (C=O) groups excluding carboxylic acids is 1. The fourth-order valence-electron chi connectivity index (χ4n) is 3.03. The lowest BCUT2D eigenvalue weighted by Gasteiger charge is -2.25. The summed E-state index contributed by atoms with van der Waals surface area (Å²) in [7, 11) is 0. The van der Waals surface area contributed by atoms with Gasteiger partial charge in [0.1, 0.15) is 5.75 Å². The van der Waals surface area contributed by atoms with Crippen LogP contribution in [0.4, 0.5) is 0 Å². The Bertz CT molecular complexity index is 441. The molecule has 21 heavy (non-hydrogen) atoms. The molecular weight excluding hydrogens is 262 g/mol. The van der Waals surface area contributed by atoms with E-state index in [1.807, 2.05) is 19.1 Å². The SMILES string of the molecule is CCCCCC(=O)N1CCCC1c1ccc(OCC)cc1. The molecule has 0 radical (unpaired) electrons. The monoisotopic (exact) mass is 289 g/mol. The zero-order valence-corrected chi connectivity index (χ0v) is 13.3. The van der Waals surface area contributed by atoms with E-state index in [4.69, 9.17) is 4.74 Å². The van der Waals surface area contributed by atoms with Crippen LogP contribution < -0.4 is 4.74 Å². The number of benzene rings is 1. The average Bonchev–Trinajstić information content (AvgIpc) is 2.98. The van der Waals surface area contributed by atoms with E-state index in [2.05, 4.69) is 24.0 Å². The van der Waals surface area contributed by atoms with E-state index in [1.54, 1.807) is 0 Å². The third kappa shape index (κ3) is 4.23. The fourth-order valence-corrected chi connectivity index (χ4v) is 3.03. The van der Waals surface area contributed by atoms with Crippen LogP contribution in [0, 0.1) is 0 Å². The van der Waals surface area contributed by atoms with E-state index >= 15 is 0 Å². The van der Waals surface area contributed by atoms with Crippen molar-refractivity contribution in [1.82, 2.24) is 4.90 Å². The molecule has 0 N–H and O–H groups in total. The molecule has 1 aromatic rings. The number of hydrogen-bond acceptors (Lipinski definition) is 2. The molecule has 0 aliphatic carbocycles. The molecular formula is C18H27NO2. The minimum Gasteiger partial charge on any atom is -0.494 e. The fraction of sp³-hybridized carbons (Fsp3) is 0.611. The molecule has 116 valence electrons. The number of ether oxygens (including phenoxy) is 1. The molecule has 1 aliphatic heterocycles. The number of nitrogens with zero attached hydrogens (tertiary/aromatic N) is 1. The first-order valence-electron chi connectivity index (χ1n) is 8.28. The van der Waals surface area contributed by atoms with Gasteiger partial charge in [-0.1, -0.05) is 31.9 Å². The van der Waals surface area contributed by atoms with Gasteiger partial charge in [-0.3, -0.25) is 4.79 Å². The maximum absolute atomic E-state index is 12.4.